The molecule has 0 radical (unpaired) electrons. The topological polar surface area (TPSA) is 64.6 Å². The summed E-state index contributed by atoms with van der Waals surface area (Å²) in [4.78, 5) is 24.0. The minimum atomic E-state index is -0.649. The molecule has 1 N–H and O–H groups in total. The largest absolute Gasteiger partial charge is 0.480 e. The highest BCUT2D eigenvalue weighted by molar-refractivity contribution is 5.95. The molecule has 0 spiro atoms. The summed E-state index contributed by atoms with van der Waals surface area (Å²) in [5.74, 6) is 0.0847. The minimum absolute atomic E-state index is 0.258. The Hall–Kier alpha value is -2.82. The fourth-order valence-electron chi connectivity index (χ4n) is 2.36. The first-order chi connectivity index (χ1) is 11.9. The van der Waals surface area contributed by atoms with E-state index < -0.39 is 6.10 Å². The normalized spacial score (nSPS) is 11.5. The van der Waals surface area contributed by atoms with Gasteiger partial charge in [0, 0.05) is 5.69 Å². The Morgan fingerprint density at radius 2 is 1.64 bits per heavy atom. The first-order valence-electron chi connectivity index (χ1n) is 8.23. The molecule has 0 saturated heterocycles. The van der Waals surface area contributed by atoms with Crippen molar-refractivity contribution in [1.82, 2.24) is 0 Å². The van der Waals surface area contributed by atoms with Crippen LogP contribution in [0.25, 0.3) is 0 Å². The summed E-state index contributed by atoms with van der Waals surface area (Å²) in [6.07, 6.45) is -0.649. The summed E-state index contributed by atoms with van der Waals surface area (Å²) in [6, 6.07) is 12.4. The Morgan fingerprint density at radius 3 is 2.20 bits per heavy atom. The molecule has 0 saturated carbocycles. The van der Waals surface area contributed by atoms with Gasteiger partial charge in [0.25, 0.3) is 5.91 Å². The minimum Gasteiger partial charge on any atom is -0.480 e. The molecule has 0 bridgehead atoms. The third-order valence-electron chi connectivity index (χ3n) is 3.74. The number of carbonyl (C=O) groups is 2. The van der Waals surface area contributed by atoms with E-state index in [9.17, 15) is 9.59 Å². The fourth-order valence-corrected chi connectivity index (χ4v) is 2.36. The smallest absolute Gasteiger partial charge is 0.338 e. The zero-order chi connectivity index (χ0) is 18.4. The first kappa shape index (κ1) is 18.5. The van der Waals surface area contributed by atoms with Gasteiger partial charge in [-0.2, -0.15) is 0 Å². The van der Waals surface area contributed by atoms with Crippen LogP contribution in [0.1, 0.15) is 35.3 Å². The van der Waals surface area contributed by atoms with E-state index in [1.165, 1.54) is 0 Å². The van der Waals surface area contributed by atoms with Crippen LogP contribution < -0.4 is 10.1 Å². The lowest BCUT2D eigenvalue weighted by Gasteiger charge is -2.18. The van der Waals surface area contributed by atoms with Crippen LogP contribution in [-0.2, 0) is 9.53 Å². The van der Waals surface area contributed by atoms with E-state index in [0.29, 0.717) is 17.9 Å². The summed E-state index contributed by atoms with van der Waals surface area (Å²) in [5, 5.41) is 2.78. The standard InChI is InChI=1S/C20H23NO4/c1-5-24-20(23)16-9-11-17(12-10-16)21-19(22)15(4)25-18-13(2)7-6-8-14(18)3/h6-12,15H,5H2,1-4H3,(H,21,22)/t15-/m0/s1. The number of esters is 1. The Kier molecular flexibility index (Phi) is 6.17. The Labute approximate surface area is 148 Å². The number of hydrogen-bond acceptors (Lipinski definition) is 4. The number of carbonyl (C=O) groups excluding carboxylic acids is 2. The first-order valence-corrected chi connectivity index (χ1v) is 8.23. The van der Waals surface area contributed by atoms with E-state index in [4.69, 9.17) is 9.47 Å². The zero-order valence-electron chi connectivity index (χ0n) is 15.0. The zero-order valence-corrected chi connectivity index (χ0v) is 15.0. The van der Waals surface area contributed by atoms with Gasteiger partial charge in [0.15, 0.2) is 6.10 Å². The van der Waals surface area contributed by atoms with Crippen molar-refractivity contribution in [3.8, 4) is 5.75 Å². The van der Waals surface area contributed by atoms with Crippen molar-refractivity contribution in [3.05, 3.63) is 59.2 Å². The van der Waals surface area contributed by atoms with Crippen LogP contribution in [0.4, 0.5) is 5.69 Å². The van der Waals surface area contributed by atoms with E-state index in [-0.39, 0.29) is 11.9 Å². The van der Waals surface area contributed by atoms with Gasteiger partial charge in [0.05, 0.1) is 12.2 Å². The van der Waals surface area contributed by atoms with Gasteiger partial charge in [-0.15, -0.1) is 0 Å². The van der Waals surface area contributed by atoms with E-state index >= 15 is 0 Å². The SMILES string of the molecule is CCOC(=O)c1ccc(NC(=O)[C@H](C)Oc2c(C)cccc2C)cc1. The van der Waals surface area contributed by atoms with Gasteiger partial charge < -0.3 is 14.8 Å². The molecule has 0 unspecified atom stereocenters. The lowest BCUT2D eigenvalue weighted by molar-refractivity contribution is -0.122. The Balaban J connectivity index is 2.00. The van der Waals surface area contributed by atoms with Crippen molar-refractivity contribution in [2.45, 2.75) is 33.8 Å². The van der Waals surface area contributed by atoms with Crippen LogP contribution in [-0.4, -0.2) is 24.6 Å². The maximum absolute atomic E-state index is 12.3. The maximum atomic E-state index is 12.3. The molecule has 0 heterocycles. The molecular weight excluding hydrogens is 318 g/mol. The molecule has 0 aliphatic carbocycles. The second-order valence-corrected chi connectivity index (χ2v) is 5.77. The molecule has 0 fully saturated rings. The van der Waals surface area contributed by atoms with Crippen LogP contribution in [0.15, 0.2) is 42.5 Å². The predicted octanol–water partition coefficient (Wildman–Crippen LogP) is 3.89. The number of hydrogen-bond donors (Lipinski definition) is 1. The number of ether oxygens (including phenoxy) is 2. The number of aryl methyl sites for hydroxylation is 2. The van der Waals surface area contributed by atoms with E-state index in [1.54, 1.807) is 38.1 Å². The molecule has 5 nitrogen and oxygen atoms in total. The molecule has 0 aliphatic heterocycles. The molecule has 0 aromatic heterocycles. The average molecular weight is 341 g/mol. The predicted molar refractivity (Wildman–Crippen MR) is 97.0 cm³/mol. The van der Waals surface area contributed by atoms with Crippen LogP contribution in [0, 0.1) is 13.8 Å². The molecule has 2 rings (SSSR count). The average Bonchev–Trinajstić information content (AvgIpc) is 2.59. The van der Waals surface area contributed by atoms with Crippen LogP contribution in [0.2, 0.25) is 0 Å². The van der Waals surface area contributed by atoms with Gasteiger partial charge in [0.2, 0.25) is 0 Å². The lowest BCUT2D eigenvalue weighted by atomic mass is 10.1. The molecule has 2 aromatic carbocycles. The maximum Gasteiger partial charge on any atom is 0.338 e. The second-order valence-electron chi connectivity index (χ2n) is 5.77. The summed E-state index contributed by atoms with van der Waals surface area (Å²) in [6.45, 7) is 7.67. The molecule has 2 aromatic rings. The highest BCUT2D eigenvalue weighted by Gasteiger charge is 2.17. The van der Waals surface area contributed by atoms with E-state index in [2.05, 4.69) is 5.32 Å². The third-order valence-corrected chi connectivity index (χ3v) is 3.74. The number of nitrogens with one attached hydrogen (secondary N) is 1. The summed E-state index contributed by atoms with van der Waals surface area (Å²) in [5.41, 5.74) is 3.01. The van der Waals surface area contributed by atoms with Gasteiger partial charge in [0.1, 0.15) is 5.75 Å². The van der Waals surface area contributed by atoms with Crippen LogP contribution in [0.3, 0.4) is 0 Å². The number of para-hydroxylation sites is 1. The van der Waals surface area contributed by atoms with Crippen molar-refractivity contribution in [3.63, 3.8) is 0 Å². The summed E-state index contributed by atoms with van der Waals surface area (Å²) >= 11 is 0. The second kappa shape index (κ2) is 8.33. The van der Waals surface area contributed by atoms with Crippen molar-refractivity contribution >= 4 is 17.6 Å². The highest BCUT2D eigenvalue weighted by atomic mass is 16.5. The van der Waals surface area contributed by atoms with Crippen LogP contribution >= 0.6 is 0 Å². The third kappa shape index (κ3) is 4.83. The van der Waals surface area contributed by atoms with E-state index in [0.717, 1.165) is 16.9 Å². The van der Waals surface area contributed by atoms with Crippen molar-refractivity contribution in [2.75, 3.05) is 11.9 Å². The molecular formula is C20H23NO4. The molecule has 0 aliphatic rings. The highest BCUT2D eigenvalue weighted by Crippen LogP contribution is 2.24. The number of anilines is 1. The number of amides is 1. The van der Waals surface area contributed by atoms with Gasteiger partial charge in [-0.3, -0.25) is 4.79 Å². The molecule has 1 atom stereocenters. The summed E-state index contributed by atoms with van der Waals surface area (Å²) < 4.78 is 10.7. The van der Waals surface area contributed by atoms with Crippen molar-refractivity contribution < 1.29 is 19.1 Å². The number of benzene rings is 2. The molecule has 5 heteroatoms. The molecule has 25 heavy (non-hydrogen) atoms. The molecule has 1 amide bonds. The fraction of sp³-hybridized carbons (Fsp3) is 0.300. The van der Waals surface area contributed by atoms with Gasteiger partial charge in [-0.1, -0.05) is 18.2 Å². The summed E-state index contributed by atoms with van der Waals surface area (Å²) in [7, 11) is 0. The molecule has 132 valence electrons. The van der Waals surface area contributed by atoms with E-state index in [1.807, 2.05) is 32.0 Å². The monoisotopic (exact) mass is 341 g/mol. The lowest BCUT2D eigenvalue weighted by Crippen LogP contribution is -2.30. The van der Waals surface area contributed by atoms with Gasteiger partial charge in [-0.05, 0) is 63.1 Å². The van der Waals surface area contributed by atoms with Crippen molar-refractivity contribution in [1.29, 1.82) is 0 Å². The van der Waals surface area contributed by atoms with Crippen molar-refractivity contribution in [2.24, 2.45) is 0 Å². The van der Waals surface area contributed by atoms with Gasteiger partial charge >= 0.3 is 5.97 Å². The Morgan fingerprint density at radius 1 is 1.04 bits per heavy atom. The van der Waals surface area contributed by atoms with Gasteiger partial charge in [-0.25, -0.2) is 4.79 Å². The van der Waals surface area contributed by atoms with Crippen LogP contribution in [0.5, 0.6) is 5.75 Å². The number of rotatable bonds is 6. The Bertz CT molecular complexity index is 733. The quantitative estimate of drug-likeness (QED) is 0.810.